The summed E-state index contributed by atoms with van der Waals surface area (Å²) in [4.78, 5) is 24.6. The number of nitrogens with zero attached hydrogens (tertiary/aromatic N) is 1. The predicted molar refractivity (Wildman–Crippen MR) is 85.8 cm³/mol. The van der Waals surface area contributed by atoms with Crippen LogP contribution in [0.15, 0.2) is 24.3 Å². The molecule has 7 nitrogen and oxygen atoms in total. The van der Waals surface area contributed by atoms with Crippen molar-refractivity contribution >= 4 is 12.0 Å². The minimum atomic E-state index is -1.02. The molecule has 1 aromatic rings. The Bertz CT molecular complexity index is 602. The lowest BCUT2D eigenvalue weighted by atomic mass is 10.2. The van der Waals surface area contributed by atoms with Crippen LogP contribution >= 0.6 is 0 Å². The molecule has 1 aliphatic heterocycles. The summed E-state index contributed by atoms with van der Waals surface area (Å²) in [6.07, 6.45) is 2.57. The first-order chi connectivity index (χ1) is 11.6. The van der Waals surface area contributed by atoms with Gasteiger partial charge in [0.05, 0.1) is 12.7 Å². The first-order valence-electron chi connectivity index (χ1n) is 8.20. The van der Waals surface area contributed by atoms with Gasteiger partial charge in [-0.1, -0.05) is 12.1 Å². The molecule has 0 aromatic heterocycles. The van der Waals surface area contributed by atoms with Crippen LogP contribution in [0.2, 0.25) is 0 Å². The quantitative estimate of drug-likeness (QED) is 0.822. The van der Waals surface area contributed by atoms with Gasteiger partial charge < -0.3 is 24.8 Å². The minimum Gasteiger partial charge on any atom is -0.482 e. The summed E-state index contributed by atoms with van der Waals surface area (Å²) in [5.41, 5.74) is 0.859. The summed E-state index contributed by atoms with van der Waals surface area (Å²) in [5, 5.41) is 11.5. The van der Waals surface area contributed by atoms with Crippen molar-refractivity contribution in [2.24, 2.45) is 5.92 Å². The van der Waals surface area contributed by atoms with Gasteiger partial charge in [-0.3, -0.25) is 0 Å². The highest BCUT2D eigenvalue weighted by Crippen LogP contribution is 2.35. The van der Waals surface area contributed by atoms with Crippen molar-refractivity contribution in [2.45, 2.75) is 25.5 Å². The number of hydrogen-bond donors (Lipinski definition) is 2. The monoisotopic (exact) mass is 334 g/mol. The molecule has 2 amide bonds. The number of nitrogens with one attached hydrogen (secondary N) is 1. The van der Waals surface area contributed by atoms with Gasteiger partial charge in [0.15, 0.2) is 6.61 Å². The van der Waals surface area contributed by atoms with Gasteiger partial charge in [-0.25, -0.2) is 9.59 Å². The van der Waals surface area contributed by atoms with Crippen LogP contribution in [0.4, 0.5) is 4.79 Å². The number of urea groups is 1. The average Bonchev–Trinajstić information content (AvgIpc) is 3.43. The zero-order valence-corrected chi connectivity index (χ0v) is 13.4. The van der Waals surface area contributed by atoms with Crippen LogP contribution in [0.3, 0.4) is 0 Å². The second-order valence-corrected chi connectivity index (χ2v) is 6.18. The fraction of sp³-hybridized carbons (Fsp3) is 0.529. The third kappa shape index (κ3) is 4.61. The Labute approximate surface area is 140 Å². The summed E-state index contributed by atoms with van der Waals surface area (Å²) in [5.74, 6) is 0.0687. The van der Waals surface area contributed by atoms with Crippen molar-refractivity contribution < 1.29 is 24.2 Å². The van der Waals surface area contributed by atoms with Crippen molar-refractivity contribution in [3.8, 4) is 5.75 Å². The lowest BCUT2D eigenvalue weighted by Crippen LogP contribution is -2.50. The molecule has 1 aromatic carbocycles. The van der Waals surface area contributed by atoms with E-state index in [0.29, 0.717) is 37.9 Å². The maximum atomic E-state index is 12.3. The van der Waals surface area contributed by atoms with Crippen LogP contribution in [-0.2, 0) is 16.1 Å². The van der Waals surface area contributed by atoms with E-state index in [2.05, 4.69) is 5.32 Å². The van der Waals surface area contributed by atoms with Crippen LogP contribution in [0.5, 0.6) is 5.75 Å². The van der Waals surface area contributed by atoms with E-state index in [1.807, 2.05) is 6.07 Å². The molecule has 1 saturated heterocycles. The van der Waals surface area contributed by atoms with Crippen LogP contribution in [0.25, 0.3) is 0 Å². The Hall–Kier alpha value is -2.28. The van der Waals surface area contributed by atoms with Crippen LogP contribution < -0.4 is 10.1 Å². The van der Waals surface area contributed by atoms with Gasteiger partial charge in [-0.2, -0.15) is 0 Å². The van der Waals surface area contributed by atoms with Gasteiger partial charge >= 0.3 is 12.0 Å². The average molecular weight is 334 g/mol. The molecule has 7 heteroatoms. The number of aliphatic carboxylic acids is 1. The maximum Gasteiger partial charge on any atom is 0.341 e. The van der Waals surface area contributed by atoms with Crippen LogP contribution in [-0.4, -0.2) is 54.4 Å². The van der Waals surface area contributed by atoms with Gasteiger partial charge in [0.25, 0.3) is 0 Å². The topological polar surface area (TPSA) is 88.1 Å². The van der Waals surface area contributed by atoms with E-state index in [-0.39, 0.29) is 18.7 Å². The number of carbonyl (C=O) groups excluding carboxylic acids is 1. The molecule has 24 heavy (non-hydrogen) atoms. The Balaban J connectivity index is 1.48. The van der Waals surface area contributed by atoms with E-state index in [9.17, 15) is 9.59 Å². The van der Waals surface area contributed by atoms with Crippen molar-refractivity contribution in [3.05, 3.63) is 29.8 Å². The number of rotatable bonds is 6. The van der Waals surface area contributed by atoms with E-state index in [0.717, 1.165) is 5.56 Å². The Morgan fingerprint density at radius 2 is 2.21 bits per heavy atom. The molecule has 2 fully saturated rings. The number of benzene rings is 1. The lowest BCUT2D eigenvalue weighted by molar-refractivity contribution is -0.139. The molecule has 3 rings (SSSR count). The van der Waals surface area contributed by atoms with Crippen molar-refractivity contribution in [2.75, 3.05) is 26.3 Å². The standard InChI is InChI=1S/C17H22N2O5/c20-16(21)11-24-14-3-1-2-12(8-14)9-18-17(22)19-6-7-23-15(10-19)13-4-5-13/h1-3,8,13,15H,4-7,9-11H2,(H,18,22)(H,20,21). The van der Waals surface area contributed by atoms with Gasteiger partial charge in [0, 0.05) is 19.6 Å². The second kappa shape index (κ2) is 7.53. The Morgan fingerprint density at radius 1 is 1.38 bits per heavy atom. The number of carboxylic acids is 1. The van der Waals surface area contributed by atoms with Gasteiger partial charge in [0.1, 0.15) is 5.75 Å². The van der Waals surface area contributed by atoms with E-state index in [1.54, 1.807) is 23.1 Å². The molecule has 1 saturated carbocycles. The molecule has 130 valence electrons. The third-order valence-electron chi connectivity index (χ3n) is 4.23. The zero-order valence-electron chi connectivity index (χ0n) is 13.4. The highest BCUT2D eigenvalue weighted by Gasteiger charge is 2.36. The lowest BCUT2D eigenvalue weighted by Gasteiger charge is -2.33. The minimum absolute atomic E-state index is 0.0965. The molecule has 0 spiro atoms. The largest absolute Gasteiger partial charge is 0.482 e. The summed E-state index contributed by atoms with van der Waals surface area (Å²) < 4.78 is 10.9. The van der Waals surface area contributed by atoms with Gasteiger partial charge in [-0.15, -0.1) is 0 Å². The van der Waals surface area contributed by atoms with Crippen LogP contribution in [0, 0.1) is 5.92 Å². The number of ether oxygens (including phenoxy) is 2. The first-order valence-corrected chi connectivity index (χ1v) is 8.20. The van der Waals surface area contributed by atoms with Crippen LogP contribution in [0.1, 0.15) is 18.4 Å². The van der Waals surface area contributed by atoms with Gasteiger partial charge in [-0.05, 0) is 36.5 Å². The SMILES string of the molecule is O=C(O)COc1cccc(CNC(=O)N2CCOC(C3CC3)C2)c1. The van der Waals surface area contributed by atoms with Gasteiger partial charge in [0.2, 0.25) is 0 Å². The number of amides is 2. The summed E-state index contributed by atoms with van der Waals surface area (Å²) in [6.45, 7) is 1.84. The molecule has 1 aliphatic carbocycles. The second-order valence-electron chi connectivity index (χ2n) is 6.18. The van der Waals surface area contributed by atoms with E-state index in [4.69, 9.17) is 14.6 Å². The summed E-state index contributed by atoms with van der Waals surface area (Å²) in [7, 11) is 0. The molecular formula is C17H22N2O5. The zero-order chi connectivity index (χ0) is 16.9. The van der Waals surface area contributed by atoms with E-state index in [1.165, 1.54) is 12.8 Å². The molecule has 2 aliphatic rings. The third-order valence-corrected chi connectivity index (χ3v) is 4.23. The highest BCUT2D eigenvalue weighted by atomic mass is 16.5. The number of carboxylic acid groups (broad SMARTS) is 1. The molecule has 1 atom stereocenters. The fourth-order valence-electron chi connectivity index (χ4n) is 2.79. The molecule has 2 N–H and O–H groups in total. The Kier molecular flexibility index (Phi) is 5.20. The maximum absolute atomic E-state index is 12.3. The van der Waals surface area contributed by atoms with E-state index >= 15 is 0 Å². The fourth-order valence-corrected chi connectivity index (χ4v) is 2.79. The molecule has 1 heterocycles. The predicted octanol–water partition coefficient (Wildman–Crippen LogP) is 1.47. The summed E-state index contributed by atoms with van der Waals surface area (Å²) >= 11 is 0. The van der Waals surface area contributed by atoms with Crippen molar-refractivity contribution in [3.63, 3.8) is 0 Å². The number of hydrogen-bond acceptors (Lipinski definition) is 4. The normalized spacial score (nSPS) is 20.5. The first kappa shape index (κ1) is 16.6. The number of morpholine rings is 1. The smallest absolute Gasteiger partial charge is 0.341 e. The molecule has 1 unspecified atom stereocenters. The molecule has 0 bridgehead atoms. The molecular weight excluding hydrogens is 312 g/mol. The van der Waals surface area contributed by atoms with Crippen molar-refractivity contribution in [1.29, 1.82) is 0 Å². The van der Waals surface area contributed by atoms with Crippen molar-refractivity contribution in [1.82, 2.24) is 10.2 Å². The molecule has 0 radical (unpaired) electrons. The Morgan fingerprint density at radius 3 is 2.96 bits per heavy atom. The highest BCUT2D eigenvalue weighted by molar-refractivity contribution is 5.74. The summed E-state index contributed by atoms with van der Waals surface area (Å²) in [6, 6.07) is 6.96. The van der Waals surface area contributed by atoms with E-state index < -0.39 is 5.97 Å². The number of carbonyl (C=O) groups is 2.